The van der Waals surface area contributed by atoms with Crippen LogP contribution in [-0.4, -0.2) is 31.6 Å². The van der Waals surface area contributed by atoms with Gasteiger partial charge in [-0.15, -0.1) is 10.2 Å². The number of aryl methyl sites for hydroxylation is 1. The third kappa shape index (κ3) is 3.00. The van der Waals surface area contributed by atoms with Crippen molar-refractivity contribution in [3.63, 3.8) is 0 Å². The summed E-state index contributed by atoms with van der Waals surface area (Å²) in [4.78, 5) is 12.1. The molecular weight excluding hydrogens is 300 g/mol. The number of nitrogens with one attached hydrogen (secondary N) is 2. The second kappa shape index (κ2) is 5.65. The number of carbonyl (C=O) groups excluding carboxylic acids is 1. The molecule has 1 aromatic carbocycles. The van der Waals surface area contributed by atoms with Gasteiger partial charge >= 0.3 is 0 Å². The van der Waals surface area contributed by atoms with E-state index in [1.807, 2.05) is 0 Å². The van der Waals surface area contributed by atoms with Gasteiger partial charge in [0.2, 0.25) is 15.2 Å². The Bertz CT molecular complexity index is 726. The summed E-state index contributed by atoms with van der Waals surface area (Å²) in [5.74, 6) is -0.424. The van der Waals surface area contributed by atoms with Gasteiger partial charge in [-0.3, -0.25) is 10.1 Å². The number of carbonyl (C=O) groups is 1. The number of hydrogen-bond donors (Lipinski definition) is 2. The molecule has 1 heterocycles. The van der Waals surface area contributed by atoms with E-state index in [-0.39, 0.29) is 10.5 Å². The van der Waals surface area contributed by atoms with Crippen LogP contribution in [0.15, 0.2) is 28.6 Å². The van der Waals surface area contributed by atoms with Crippen LogP contribution in [0, 0.1) is 6.92 Å². The van der Waals surface area contributed by atoms with Gasteiger partial charge in [-0.05, 0) is 31.7 Å². The minimum atomic E-state index is -3.59. The van der Waals surface area contributed by atoms with Crippen molar-refractivity contribution in [2.24, 2.45) is 0 Å². The Morgan fingerprint density at radius 3 is 2.70 bits per heavy atom. The fourth-order valence-electron chi connectivity index (χ4n) is 1.52. The monoisotopic (exact) mass is 312 g/mol. The number of benzene rings is 1. The van der Waals surface area contributed by atoms with Gasteiger partial charge in [-0.1, -0.05) is 17.4 Å². The molecule has 0 radical (unpaired) electrons. The summed E-state index contributed by atoms with van der Waals surface area (Å²) >= 11 is 1.18. The second-order valence-corrected chi connectivity index (χ2v) is 6.60. The zero-order valence-electron chi connectivity index (χ0n) is 10.7. The van der Waals surface area contributed by atoms with Gasteiger partial charge in [0, 0.05) is 5.56 Å². The molecule has 0 spiro atoms. The van der Waals surface area contributed by atoms with Crippen LogP contribution in [0.5, 0.6) is 0 Å². The first-order valence-corrected chi connectivity index (χ1v) is 7.92. The van der Waals surface area contributed by atoms with Gasteiger partial charge in [0.05, 0.1) is 4.90 Å². The Morgan fingerprint density at radius 2 is 2.10 bits per heavy atom. The van der Waals surface area contributed by atoms with Gasteiger partial charge in [-0.25, -0.2) is 13.1 Å². The molecule has 0 fully saturated rings. The molecule has 0 unspecified atom stereocenters. The summed E-state index contributed by atoms with van der Waals surface area (Å²) in [6.45, 7) is 1.73. The Hall–Kier alpha value is -1.84. The van der Waals surface area contributed by atoms with Gasteiger partial charge in [-0.2, -0.15) is 0 Å². The van der Waals surface area contributed by atoms with E-state index in [9.17, 15) is 13.2 Å². The molecule has 0 bridgehead atoms. The molecule has 2 N–H and O–H groups in total. The van der Waals surface area contributed by atoms with Gasteiger partial charge in [0.15, 0.2) is 0 Å². The topological polar surface area (TPSA) is 101 Å². The SMILES string of the molecule is CNS(=O)(=O)c1ccc(C)c(C(=O)Nc2nncs2)c1. The highest BCUT2D eigenvalue weighted by atomic mass is 32.2. The third-order valence-electron chi connectivity index (χ3n) is 2.61. The summed E-state index contributed by atoms with van der Waals surface area (Å²) in [5, 5.41) is 10.2. The minimum Gasteiger partial charge on any atom is -0.296 e. The number of aromatic nitrogens is 2. The van der Waals surface area contributed by atoms with Crippen LogP contribution in [-0.2, 0) is 10.0 Å². The molecule has 9 heteroatoms. The molecule has 106 valence electrons. The maximum atomic E-state index is 12.1. The number of hydrogen-bond acceptors (Lipinski definition) is 6. The van der Waals surface area contributed by atoms with Crippen molar-refractivity contribution in [2.75, 3.05) is 12.4 Å². The highest BCUT2D eigenvalue weighted by Crippen LogP contribution is 2.17. The van der Waals surface area contributed by atoms with E-state index in [0.717, 1.165) is 0 Å². The third-order valence-corrected chi connectivity index (χ3v) is 4.63. The van der Waals surface area contributed by atoms with Crippen LogP contribution in [0.2, 0.25) is 0 Å². The fourth-order valence-corrected chi connectivity index (χ4v) is 2.72. The second-order valence-electron chi connectivity index (χ2n) is 3.88. The molecule has 0 saturated heterocycles. The van der Waals surface area contributed by atoms with Crippen molar-refractivity contribution in [1.29, 1.82) is 0 Å². The Labute approximate surface area is 120 Å². The van der Waals surface area contributed by atoms with Crippen molar-refractivity contribution in [2.45, 2.75) is 11.8 Å². The van der Waals surface area contributed by atoms with Crippen molar-refractivity contribution >= 4 is 32.4 Å². The van der Waals surface area contributed by atoms with Crippen LogP contribution in [0.4, 0.5) is 5.13 Å². The molecule has 1 amide bonds. The highest BCUT2D eigenvalue weighted by molar-refractivity contribution is 7.89. The van der Waals surface area contributed by atoms with Gasteiger partial charge in [0.1, 0.15) is 5.51 Å². The molecule has 0 aliphatic rings. The maximum absolute atomic E-state index is 12.1. The van der Waals surface area contributed by atoms with Crippen LogP contribution in [0.1, 0.15) is 15.9 Å². The van der Waals surface area contributed by atoms with Gasteiger partial charge < -0.3 is 0 Å². The standard InChI is InChI=1S/C11H12N4O3S2/c1-7-3-4-8(20(17,18)12-2)5-9(7)10(16)14-11-15-13-6-19-11/h3-6,12H,1-2H3,(H,14,15,16). The molecule has 2 aromatic rings. The van der Waals surface area contributed by atoms with Crippen molar-refractivity contribution in [3.05, 3.63) is 34.8 Å². The summed E-state index contributed by atoms with van der Waals surface area (Å²) in [6, 6.07) is 4.36. The van der Waals surface area contributed by atoms with Crippen molar-refractivity contribution in [3.8, 4) is 0 Å². The normalized spacial score (nSPS) is 11.3. The minimum absolute atomic E-state index is 0.0352. The molecule has 20 heavy (non-hydrogen) atoms. The van der Waals surface area contributed by atoms with Crippen LogP contribution in [0.25, 0.3) is 0 Å². The van der Waals surface area contributed by atoms with Gasteiger partial charge in [0.25, 0.3) is 5.91 Å². The van der Waals surface area contributed by atoms with Crippen molar-refractivity contribution < 1.29 is 13.2 Å². The predicted molar refractivity (Wildman–Crippen MR) is 75.3 cm³/mol. The van der Waals surface area contributed by atoms with Crippen LogP contribution in [0.3, 0.4) is 0 Å². The van der Waals surface area contributed by atoms with Crippen LogP contribution < -0.4 is 10.0 Å². The first-order valence-electron chi connectivity index (χ1n) is 5.56. The lowest BCUT2D eigenvalue weighted by Crippen LogP contribution is -2.20. The first-order chi connectivity index (χ1) is 9.44. The molecule has 7 nitrogen and oxygen atoms in total. The number of nitrogens with zero attached hydrogens (tertiary/aromatic N) is 2. The fraction of sp³-hybridized carbons (Fsp3) is 0.182. The Balaban J connectivity index is 2.36. The van der Waals surface area contributed by atoms with E-state index in [2.05, 4.69) is 20.2 Å². The van der Waals surface area contributed by atoms with E-state index >= 15 is 0 Å². The smallest absolute Gasteiger partial charge is 0.257 e. The maximum Gasteiger partial charge on any atom is 0.257 e. The van der Waals surface area contributed by atoms with E-state index in [1.54, 1.807) is 13.0 Å². The summed E-state index contributed by atoms with van der Waals surface area (Å²) < 4.78 is 25.7. The van der Waals surface area contributed by atoms with Crippen LogP contribution >= 0.6 is 11.3 Å². The first kappa shape index (κ1) is 14.6. The lowest BCUT2D eigenvalue weighted by molar-refractivity contribution is 0.102. The molecular formula is C11H12N4O3S2. The molecule has 0 atom stereocenters. The lowest BCUT2D eigenvalue weighted by atomic mass is 10.1. The number of anilines is 1. The number of rotatable bonds is 4. The van der Waals surface area contributed by atoms with E-state index in [1.165, 1.54) is 36.0 Å². The molecule has 0 aliphatic heterocycles. The van der Waals surface area contributed by atoms with Crippen molar-refractivity contribution in [1.82, 2.24) is 14.9 Å². The summed E-state index contributed by atoms with van der Waals surface area (Å²) in [6.07, 6.45) is 0. The highest BCUT2D eigenvalue weighted by Gasteiger charge is 2.17. The Morgan fingerprint density at radius 1 is 1.35 bits per heavy atom. The molecule has 0 saturated carbocycles. The zero-order valence-corrected chi connectivity index (χ0v) is 12.4. The Kier molecular flexibility index (Phi) is 4.12. The average Bonchev–Trinajstić information content (AvgIpc) is 2.91. The van der Waals surface area contributed by atoms with E-state index < -0.39 is 15.9 Å². The largest absolute Gasteiger partial charge is 0.296 e. The molecule has 0 aliphatic carbocycles. The van der Waals surface area contributed by atoms with E-state index in [4.69, 9.17) is 0 Å². The van der Waals surface area contributed by atoms with E-state index in [0.29, 0.717) is 10.7 Å². The number of amides is 1. The summed E-state index contributed by atoms with van der Waals surface area (Å²) in [5.41, 5.74) is 2.43. The number of sulfonamides is 1. The summed E-state index contributed by atoms with van der Waals surface area (Å²) in [7, 11) is -2.27. The quantitative estimate of drug-likeness (QED) is 0.877. The lowest BCUT2D eigenvalue weighted by Gasteiger charge is -2.08. The predicted octanol–water partition coefficient (Wildman–Crippen LogP) is 1.01. The molecule has 1 aromatic heterocycles. The average molecular weight is 312 g/mol. The molecule has 2 rings (SSSR count). The zero-order chi connectivity index (χ0) is 14.8.